The van der Waals surface area contributed by atoms with Crippen LogP contribution in [0.4, 0.5) is 5.69 Å². The summed E-state index contributed by atoms with van der Waals surface area (Å²) in [5.74, 6) is 0.658. The standard InChI is InChI=1S/C16H22Cl2N2O/c1-10(2)5-6-16(7-8-20-9-16)15(21)11-3-4-12(17)13(18)14(11)19/h3-4,10,20H,5-9,19H2,1-2H3. The number of rotatable bonds is 5. The Kier molecular flexibility index (Phi) is 5.18. The molecule has 1 aromatic carbocycles. The number of nitrogen functional groups attached to an aromatic ring is 1. The molecule has 21 heavy (non-hydrogen) atoms. The van der Waals surface area contributed by atoms with E-state index in [2.05, 4.69) is 19.2 Å². The monoisotopic (exact) mass is 328 g/mol. The highest BCUT2D eigenvalue weighted by atomic mass is 35.5. The van der Waals surface area contributed by atoms with Crippen LogP contribution in [0.2, 0.25) is 10.0 Å². The summed E-state index contributed by atoms with van der Waals surface area (Å²) in [6.07, 6.45) is 2.74. The van der Waals surface area contributed by atoms with E-state index in [4.69, 9.17) is 28.9 Å². The zero-order chi connectivity index (χ0) is 15.6. The second kappa shape index (κ2) is 6.55. The Morgan fingerprint density at radius 3 is 2.71 bits per heavy atom. The lowest BCUT2D eigenvalue weighted by molar-refractivity contribution is 0.0795. The number of hydrogen-bond donors (Lipinski definition) is 2. The molecule has 0 bridgehead atoms. The number of benzene rings is 1. The molecule has 2 rings (SSSR count). The molecule has 3 N–H and O–H groups in total. The van der Waals surface area contributed by atoms with Crippen LogP contribution in [-0.2, 0) is 0 Å². The maximum Gasteiger partial charge on any atom is 0.172 e. The summed E-state index contributed by atoms with van der Waals surface area (Å²) in [4.78, 5) is 13.0. The molecule has 0 aliphatic carbocycles. The summed E-state index contributed by atoms with van der Waals surface area (Å²) in [6, 6.07) is 3.34. The molecule has 0 amide bonds. The summed E-state index contributed by atoms with van der Waals surface area (Å²) in [5, 5.41) is 3.96. The molecule has 0 saturated carbocycles. The average Bonchev–Trinajstić information content (AvgIpc) is 2.92. The van der Waals surface area contributed by atoms with Crippen LogP contribution in [0.25, 0.3) is 0 Å². The average molecular weight is 329 g/mol. The third-order valence-electron chi connectivity index (χ3n) is 4.30. The van der Waals surface area contributed by atoms with Gasteiger partial charge in [-0.25, -0.2) is 0 Å². The van der Waals surface area contributed by atoms with Crippen LogP contribution >= 0.6 is 23.2 Å². The van der Waals surface area contributed by atoms with Gasteiger partial charge in [-0.05, 0) is 43.9 Å². The number of nitrogens with two attached hydrogens (primary N) is 1. The summed E-state index contributed by atoms with van der Waals surface area (Å²) in [6.45, 7) is 5.92. The number of halogens is 2. The lowest BCUT2D eigenvalue weighted by Crippen LogP contribution is -2.34. The summed E-state index contributed by atoms with van der Waals surface area (Å²) >= 11 is 12.0. The molecular formula is C16H22Cl2N2O. The zero-order valence-electron chi connectivity index (χ0n) is 12.5. The maximum atomic E-state index is 13.0. The Labute approximate surface area is 136 Å². The number of Topliss-reactive ketones (excluding diaryl/α,β-unsaturated/α-hetero) is 1. The van der Waals surface area contributed by atoms with Gasteiger partial charge in [-0.1, -0.05) is 37.0 Å². The summed E-state index contributed by atoms with van der Waals surface area (Å²) in [7, 11) is 0. The molecule has 0 spiro atoms. The SMILES string of the molecule is CC(C)CCC1(C(=O)c2ccc(Cl)c(Cl)c2N)CCNC1. The van der Waals surface area contributed by atoms with Crippen molar-refractivity contribution >= 4 is 34.7 Å². The molecule has 116 valence electrons. The van der Waals surface area contributed by atoms with Crippen LogP contribution < -0.4 is 11.1 Å². The van der Waals surface area contributed by atoms with Crippen molar-refractivity contribution in [1.82, 2.24) is 5.32 Å². The molecule has 1 unspecified atom stereocenters. The van der Waals surface area contributed by atoms with Gasteiger partial charge in [0.1, 0.15) is 0 Å². The Bertz CT molecular complexity index is 537. The third-order valence-corrected chi connectivity index (χ3v) is 5.12. The first-order valence-corrected chi connectivity index (χ1v) is 8.12. The van der Waals surface area contributed by atoms with E-state index in [1.807, 2.05) is 0 Å². The predicted octanol–water partition coefficient (Wildman–Crippen LogP) is 4.17. The van der Waals surface area contributed by atoms with Gasteiger partial charge in [0.05, 0.1) is 15.7 Å². The molecule has 1 fully saturated rings. The minimum atomic E-state index is -0.366. The number of nitrogens with one attached hydrogen (secondary N) is 1. The molecule has 0 radical (unpaired) electrons. The molecule has 1 aliphatic heterocycles. The number of hydrogen-bond acceptors (Lipinski definition) is 3. The van der Waals surface area contributed by atoms with E-state index >= 15 is 0 Å². The van der Waals surface area contributed by atoms with E-state index in [9.17, 15) is 4.79 Å². The molecule has 1 aliphatic rings. The van der Waals surface area contributed by atoms with Crippen molar-refractivity contribution in [3.05, 3.63) is 27.7 Å². The van der Waals surface area contributed by atoms with Gasteiger partial charge in [0.25, 0.3) is 0 Å². The van der Waals surface area contributed by atoms with Gasteiger partial charge in [0.2, 0.25) is 0 Å². The van der Waals surface area contributed by atoms with Crippen LogP contribution in [0.15, 0.2) is 12.1 Å². The van der Waals surface area contributed by atoms with Crippen LogP contribution in [0.5, 0.6) is 0 Å². The first-order valence-electron chi connectivity index (χ1n) is 7.36. The van der Waals surface area contributed by atoms with Gasteiger partial charge in [0.15, 0.2) is 5.78 Å². The van der Waals surface area contributed by atoms with E-state index in [1.54, 1.807) is 12.1 Å². The predicted molar refractivity (Wildman–Crippen MR) is 89.2 cm³/mol. The number of carbonyl (C=O) groups excluding carboxylic acids is 1. The van der Waals surface area contributed by atoms with Crippen LogP contribution in [0.3, 0.4) is 0 Å². The molecular weight excluding hydrogens is 307 g/mol. The molecule has 5 heteroatoms. The van der Waals surface area contributed by atoms with Crippen LogP contribution in [0, 0.1) is 11.3 Å². The summed E-state index contributed by atoms with van der Waals surface area (Å²) < 4.78 is 0. The second-order valence-corrected chi connectivity index (χ2v) is 7.08. The van der Waals surface area contributed by atoms with Crippen molar-refractivity contribution in [3.8, 4) is 0 Å². The number of ketones is 1. The molecule has 0 aromatic heterocycles. The Morgan fingerprint density at radius 1 is 1.43 bits per heavy atom. The smallest absolute Gasteiger partial charge is 0.172 e. The Balaban J connectivity index is 2.33. The highest BCUT2D eigenvalue weighted by Crippen LogP contribution is 2.40. The van der Waals surface area contributed by atoms with Gasteiger partial charge < -0.3 is 11.1 Å². The lowest BCUT2D eigenvalue weighted by atomic mass is 9.74. The zero-order valence-corrected chi connectivity index (χ0v) is 14.0. The van der Waals surface area contributed by atoms with Crippen molar-refractivity contribution in [2.75, 3.05) is 18.8 Å². The largest absolute Gasteiger partial charge is 0.397 e. The third kappa shape index (κ3) is 3.36. The molecule has 1 atom stereocenters. The van der Waals surface area contributed by atoms with Gasteiger partial charge in [-0.15, -0.1) is 0 Å². The Hall–Kier alpha value is -0.770. The number of anilines is 1. The van der Waals surface area contributed by atoms with E-state index < -0.39 is 0 Å². The van der Waals surface area contributed by atoms with Gasteiger partial charge in [0, 0.05) is 17.5 Å². The van der Waals surface area contributed by atoms with E-state index in [0.29, 0.717) is 28.7 Å². The fourth-order valence-corrected chi connectivity index (χ4v) is 3.21. The first-order chi connectivity index (χ1) is 9.87. The van der Waals surface area contributed by atoms with Gasteiger partial charge in [-0.3, -0.25) is 4.79 Å². The minimum absolute atomic E-state index is 0.0872. The fraction of sp³-hybridized carbons (Fsp3) is 0.562. The fourth-order valence-electron chi connectivity index (χ4n) is 2.88. The highest BCUT2D eigenvalue weighted by molar-refractivity contribution is 6.44. The topological polar surface area (TPSA) is 55.1 Å². The minimum Gasteiger partial charge on any atom is -0.397 e. The molecule has 1 aromatic rings. The van der Waals surface area contributed by atoms with E-state index in [-0.39, 0.29) is 16.2 Å². The van der Waals surface area contributed by atoms with Crippen molar-refractivity contribution in [2.24, 2.45) is 11.3 Å². The van der Waals surface area contributed by atoms with Gasteiger partial charge in [-0.2, -0.15) is 0 Å². The number of carbonyl (C=O) groups is 1. The molecule has 1 heterocycles. The van der Waals surface area contributed by atoms with Crippen LogP contribution in [-0.4, -0.2) is 18.9 Å². The van der Waals surface area contributed by atoms with E-state index in [0.717, 1.165) is 25.8 Å². The van der Waals surface area contributed by atoms with Gasteiger partial charge >= 0.3 is 0 Å². The first kappa shape index (κ1) is 16.6. The Morgan fingerprint density at radius 2 is 2.14 bits per heavy atom. The normalized spacial score (nSPS) is 22.0. The van der Waals surface area contributed by atoms with E-state index in [1.165, 1.54) is 0 Å². The quantitative estimate of drug-likeness (QED) is 0.629. The van der Waals surface area contributed by atoms with Crippen molar-refractivity contribution in [3.63, 3.8) is 0 Å². The van der Waals surface area contributed by atoms with Crippen molar-refractivity contribution in [2.45, 2.75) is 33.1 Å². The molecule has 1 saturated heterocycles. The van der Waals surface area contributed by atoms with Crippen LogP contribution in [0.1, 0.15) is 43.5 Å². The summed E-state index contributed by atoms with van der Waals surface area (Å²) in [5.41, 5.74) is 6.44. The molecule has 3 nitrogen and oxygen atoms in total. The van der Waals surface area contributed by atoms with Crippen molar-refractivity contribution < 1.29 is 4.79 Å². The highest BCUT2D eigenvalue weighted by Gasteiger charge is 2.41. The second-order valence-electron chi connectivity index (χ2n) is 6.29. The van der Waals surface area contributed by atoms with Crippen molar-refractivity contribution in [1.29, 1.82) is 0 Å². The lowest BCUT2D eigenvalue weighted by Gasteiger charge is -2.28. The maximum absolute atomic E-state index is 13.0.